The number of rotatable bonds is 6. The SMILES string of the molecule is O=[N+]([O-])c1cnc(Cl)nc1NCCCn1cccn1. The van der Waals surface area contributed by atoms with Crippen LogP contribution in [0.25, 0.3) is 0 Å². The third-order valence-electron chi connectivity index (χ3n) is 2.35. The fourth-order valence-electron chi connectivity index (χ4n) is 1.50. The molecule has 1 N–H and O–H groups in total. The Bertz CT molecular complexity index is 559. The molecule has 0 unspecified atom stereocenters. The second-order valence-corrected chi connectivity index (χ2v) is 4.02. The van der Waals surface area contributed by atoms with Gasteiger partial charge in [0, 0.05) is 25.5 Å². The van der Waals surface area contributed by atoms with Crippen molar-refractivity contribution in [3.05, 3.63) is 40.1 Å². The predicted molar refractivity (Wildman–Crippen MR) is 69.0 cm³/mol. The molecule has 0 aromatic carbocycles. The molecule has 19 heavy (non-hydrogen) atoms. The first-order chi connectivity index (χ1) is 9.16. The highest BCUT2D eigenvalue weighted by Crippen LogP contribution is 2.21. The average molecular weight is 283 g/mol. The van der Waals surface area contributed by atoms with E-state index in [0.717, 1.165) is 12.6 Å². The van der Waals surface area contributed by atoms with Gasteiger partial charge in [0.2, 0.25) is 11.1 Å². The summed E-state index contributed by atoms with van der Waals surface area (Å²) < 4.78 is 1.78. The normalized spacial score (nSPS) is 10.4. The highest BCUT2D eigenvalue weighted by Gasteiger charge is 2.16. The van der Waals surface area contributed by atoms with E-state index in [-0.39, 0.29) is 16.8 Å². The molecule has 2 aromatic rings. The third kappa shape index (κ3) is 3.62. The number of aryl methyl sites for hydroxylation is 1. The number of nitrogens with zero attached hydrogens (tertiary/aromatic N) is 5. The van der Waals surface area contributed by atoms with Crippen LogP contribution in [0.4, 0.5) is 11.5 Å². The Morgan fingerprint density at radius 3 is 3.05 bits per heavy atom. The van der Waals surface area contributed by atoms with Gasteiger partial charge in [-0.1, -0.05) is 0 Å². The second kappa shape index (κ2) is 6.10. The maximum Gasteiger partial charge on any atom is 0.329 e. The van der Waals surface area contributed by atoms with Crippen LogP contribution in [0.5, 0.6) is 0 Å². The molecular formula is C10H11ClN6O2. The van der Waals surface area contributed by atoms with Gasteiger partial charge < -0.3 is 5.32 Å². The molecule has 9 heteroatoms. The molecule has 0 saturated carbocycles. The molecule has 0 fully saturated rings. The van der Waals surface area contributed by atoms with Crippen molar-refractivity contribution in [3.63, 3.8) is 0 Å². The van der Waals surface area contributed by atoms with E-state index in [1.165, 1.54) is 0 Å². The largest absolute Gasteiger partial charge is 0.364 e. The summed E-state index contributed by atoms with van der Waals surface area (Å²) in [5, 5.41) is 17.7. The molecule has 0 spiro atoms. The van der Waals surface area contributed by atoms with E-state index in [9.17, 15) is 10.1 Å². The van der Waals surface area contributed by atoms with Crippen molar-refractivity contribution in [3.8, 4) is 0 Å². The van der Waals surface area contributed by atoms with Crippen LogP contribution < -0.4 is 5.32 Å². The zero-order valence-electron chi connectivity index (χ0n) is 9.86. The maximum atomic E-state index is 10.8. The Morgan fingerprint density at radius 1 is 1.53 bits per heavy atom. The van der Waals surface area contributed by atoms with E-state index in [1.54, 1.807) is 10.9 Å². The first-order valence-corrected chi connectivity index (χ1v) is 5.93. The second-order valence-electron chi connectivity index (χ2n) is 3.68. The van der Waals surface area contributed by atoms with Crippen LogP contribution in [0.1, 0.15) is 6.42 Å². The quantitative estimate of drug-likeness (QED) is 0.375. The molecule has 0 saturated heterocycles. The molecule has 0 atom stereocenters. The van der Waals surface area contributed by atoms with Gasteiger partial charge in [-0.3, -0.25) is 14.8 Å². The highest BCUT2D eigenvalue weighted by molar-refractivity contribution is 6.28. The molecule has 100 valence electrons. The zero-order chi connectivity index (χ0) is 13.7. The molecule has 8 nitrogen and oxygen atoms in total. The van der Waals surface area contributed by atoms with Gasteiger partial charge >= 0.3 is 5.69 Å². The van der Waals surface area contributed by atoms with Gasteiger partial charge in [0.15, 0.2) is 0 Å². The van der Waals surface area contributed by atoms with Gasteiger partial charge in [-0.2, -0.15) is 10.1 Å². The number of nitrogens with one attached hydrogen (secondary N) is 1. The maximum absolute atomic E-state index is 10.8. The molecule has 0 radical (unpaired) electrons. The van der Waals surface area contributed by atoms with Gasteiger partial charge in [0.25, 0.3) is 0 Å². The Labute approximate surface area is 113 Å². The summed E-state index contributed by atoms with van der Waals surface area (Å²) in [4.78, 5) is 17.6. The minimum Gasteiger partial charge on any atom is -0.364 e. The van der Waals surface area contributed by atoms with Crippen LogP contribution in [0, 0.1) is 10.1 Å². The van der Waals surface area contributed by atoms with Gasteiger partial charge in [0.05, 0.1) is 4.92 Å². The topological polar surface area (TPSA) is 98.8 Å². The Balaban J connectivity index is 1.91. The summed E-state index contributed by atoms with van der Waals surface area (Å²) in [6.45, 7) is 1.24. The van der Waals surface area contributed by atoms with E-state index in [2.05, 4.69) is 20.4 Å². The van der Waals surface area contributed by atoms with Crippen LogP contribution >= 0.6 is 11.6 Å². The first-order valence-electron chi connectivity index (χ1n) is 5.55. The smallest absolute Gasteiger partial charge is 0.329 e. The minimum atomic E-state index is -0.549. The van der Waals surface area contributed by atoms with Crippen molar-refractivity contribution in [2.45, 2.75) is 13.0 Å². The summed E-state index contributed by atoms with van der Waals surface area (Å²) in [6.07, 6.45) is 5.39. The minimum absolute atomic E-state index is 0.0276. The fraction of sp³-hybridized carbons (Fsp3) is 0.300. The van der Waals surface area contributed by atoms with Crippen LogP contribution in [-0.2, 0) is 6.54 Å². The van der Waals surface area contributed by atoms with Crippen LogP contribution in [-0.4, -0.2) is 31.2 Å². The van der Waals surface area contributed by atoms with Crippen molar-refractivity contribution in [1.29, 1.82) is 0 Å². The third-order valence-corrected chi connectivity index (χ3v) is 2.53. The van der Waals surface area contributed by atoms with E-state index >= 15 is 0 Å². The van der Waals surface area contributed by atoms with Crippen LogP contribution in [0.3, 0.4) is 0 Å². The van der Waals surface area contributed by atoms with Crippen molar-refractivity contribution in [2.24, 2.45) is 0 Å². The molecule has 0 aliphatic carbocycles. The fourth-order valence-corrected chi connectivity index (χ4v) is 1.63. The number of anilines is 1. The summed E-state index contributed by atoms with van der Waals surface area (Å²) in [6, 6.07) is 1.84. The Hall–Kier alpha value is -2.22. The number of hydrogen-bond acceptors (Lipinski definition) is 6. The van der Waals surface area contributed by atoms with E-state index in [0.29, 0.717) is 13.1 Å². The number of nitro groups is 1. The lowest BCUT2D eigenvalue weighted by Gasteiger charge is -2.06. The van der Waals surface area contributed by atoms with Crippen molar-refractivity contribution < 1.29 is 4.92 Å². The zero-order valence-corrected chi connectivity index (χ0v) is 10.6. The van der Waals surface area contributed by atoms with Crippen LogP contribution in [0.2, 0.25) is 5.28 Å². The van der Waals surface area contributed by atoms with Gasteiger partial charge in [0.1, 0.15) is 6.20 Å². The Morgan fingerprint density at radius 2 is 2.37 bits per heavy atom. The molecule has 2 aromatic heterocycles. The monoisotopic (exact) mass is 282 g/mol. The molecule has 2 heterocycles. The van der Waals surface area contributed by atoms with Crippen molar-refractivity contribution in [1.82, 2.24) is 19.7 Å². The number of aromatic nitrogens is 4. The van der Waals surface area contributed by atoms with E-state index < -0.39 is 4.92 Å². The molecule has 0 aliphatic heterocycles. The number of hydrogen-bond donors (Lipinski definition) is 1. The first kappa shape index (κ1) is 13.2. The van der Waals surface area contributed by atoms with E-state index in [4.69, 9.17) is 11.6 Å². The lowest BCUT2D eigenvalue weighted by Crippen LogP contribution is -2.10. The molecule has 0 amide bonds. The number of halogens is 1. The summed E-state index contributed by atoms with van der Waals surface area (Å²) in [5.41, 5.74) is -0.191. The Kier molecular flexibility index (Phi) is 4.24. The molecule has 0 bridgehead atoms. The summed E-state index contributed by atoms with van der Waals surface area (Å²) in [5.74, 6) is 0.130. The van der Waals surface area contributed by atoms with Gasteiger partial charge in [-0.25, -0.2) is 4.98 Å². The highest BCUT2D eigenvalue weighted by atomic mass is 35.5. The lowest BCUT2D eigenvalue weighted by atomic mass is 10.4. The predicted octanol–water partition coefficient (Wildman–Crippen LogP) is 1.74. The summed E-state index contributed by atoms with van der Waals surface area (Å²) in [7, 11) is 0. The van der Waals surface area contributed by atoms with Gasteiger partial charge in [-0.15, -0.1) is 0 Å². The lowest BCUT2D eigenvalue weighted by molar-refractivity contribution is -0.384. The molecular weight excluding hydrogens is 272 g/mol. The van der Waals surface area contributed by atoms with Gasteiger partial charge in [-0.05, 0) is 24.1 Å². The van der Waals surface area contributed by atoms with Crippen molar-refractivity contribution in [2.75, 3.05) is 11.9 Å². The standard InChI is InChI=1S/C10H11ClN6O2/c11-10-13-7-8(17(18)19)9(15-10)12-3-1-5-16-6-2-4-14-16/h2,4,6-7H,1,3,5H2,(H,12,13,15). The van der Waals surface area contributed by atoms with E-state index in [1.807, 2.05) is 12.3 Å². The molecule has 2 rings (SSSR count). The van der Waals surface area contributed by atoms with Crippen molar-refractivity contribution >= 4 is 23.1 Å². The average Bonchev–Trinajstić information content (AvgIpc) is 2.87. The van der Waals surface area contributed by atoms with Crippen LogP contribution in [0.15, 0.2) is 24.7 Å². The molecule has 0 aliphatic rings. The summed E-state index contributed by atoms with van der Waals surface area (Å²) >= 11 is 5.62.